The molecule has 0 bridgehead atoms. The van der Waals surface area contributed by atoms with Gasteiger partial charge >= 0.3 is 12.1 Å². The molecule has 1 saturated carbocycles. The number of esters is 1. The molecule has 8 nitrogen and oxygen atoms in total. The molecule has 1 aliphatic carbocycles. The maximum absolute atomic E-state index is 13.1. The van der Waals surface area contributed by atoms with Gasteiger partial charge in [-0.2, -0.15) is 13.2 Å². The molecule has 3 rings (SSSR count). The van der Waals surface area contributed by atoms with E-state index in [1.165, 1.54) is 29.1 Å². The average Bonchev–Trinajstić information content (AvgIpc) is 3.35. The van der Waals surface area contributed by atoms with Gasteiger partial charge in [0.25, 0.3) is 0 Å². The fourth-order valence-electron chi connectivity index (χ4n) is 3.12. The Morgan fingerprint density at radius 2 is 1.88 bits per heavy atom. The van der Waals surface area contributed by atoms with Crippen molar-refractivity contribution in [3.05, 3.63) is 35.1 Å². The number of rotatable bonds is 7. The maximum Gasteiger partial charge on any atom is 0.399 e. The lowest BCUT2D eigenvalue weighted by atomic mass is 9.92. The molecule has 0 aromatic carbocycles. The quantitative estimate of drug-likeness (QED) is 0.356. The second-order valence-electron chi connectivity index (χ2n) is 8.60. The zero-order valence-electron chi connectivity index (χ0n) is 17.6. The van der Waals surface area contributed by atoms with Crippen LogP contribution in [0.3, 0.4) is 0 Å². The Hall–Kier alpha value is -2.37. The zero-order chi connectivity index (χ0) is 23.9. The number of nitrogens with zero attached hydrogens (tertiary/aromatic N) is 3. The van der Waals surface area contributed by atoms with Gasteiger partial charge in [-0.1, -0.05) is 11.6 Å². The normalized spacial score (nSPS) is 16.0. The molecule has 2 aromatic rings. The SMILES string of the molecule is CC(C)(C)OC(=O)c1ccc(-n2ccc(OCCC(O)(O)C3(C(F)(F)F)CC3)n2)nc1Cl. The van der Waals surface area contributed by atoms with E-state index in [-0.39, 0.29) is 35.3 Å². The third-order valence-corrected chi connectivity index (χ3v) is 5.30. The molecule has 2 heterocycles. The van der Waals surface area contributed by atoms with Crippen molar-refractivity contribution in [3.63, 3.8) is 0 Å². The molecule has 0 unspecified atom stereocenters. The Labute approximate surface area is 186 Å². The van der Waals surface area contributed by atoms with E-state index in [2.05, 4.69) is 10.1 Å². The van der Waals surface area contributed by atoms with Gasteiger partial charge < -0.3 is 19.7 Å². The fourth-order valence-corrected chi connectivity index (χ4v) is 3.35. The summed E-state index contributed by atoms with van der Waals surface area (Å²) in [4.78, 5) is 16.3. The summed E-state index contributed by atoms with van der Waals surface area (Å²) < 4.78 is 51.1. The van der Waals surface area contributed by atoms with Crippen molar-refractivity contribution in [2.24, 2.45) is 5.41 Å². The fraction of sp³-hybridized carbons (Fsp3) is 0.550. The highest BCUT2D eigenvalue weighted by Crippen LogP contribution is 2.63. The molecule has 32 heavy (non-hydrogen) atoms. The predicted molar refractivity (Wildman–Crippen MR) is 107 cm³/mol. The van der Waals surface area contributed by atoms with E-state index in [1.54, 1.807) is 20.8 Å². The molecule has 2 N–H and O–H groups in total. The lowest BCUT2D eigenvalue weighted by molar-refractivity contribution is -0.312. The van der Waals surface area contributed by atoms with Gasteiger partial charge in [0.15, 0.2) is 11.6 Å². The number of hydrogen-bond acceptors (Lipinski definition) is 7. The van der Waals surface area contributed by atoms with E-state index < -0.39 is 42.0 Å². The van der Waals surface area contributed by atoms with Crippen LogP contribution >= 0.6 is 11.6 Å². The van der Waals surface area contributed by atoms with E-state index in [4.69, 9.17) is 21.1 Å². The van der Waals surface area contributed by atoms with Crippen LogP contribution in [0.4, 0.5) is 13.2 Å². The minimum Gasteiger partial charge on any atom is -0.476 e. The summed E-state index contributed by atoms with van der Waals surface area (Å²) in [6.45, 7) is 4.76. The lowest BCUT2D eigenvalue weighted by Crippen LogP contribution is -2.49. The minimum absolute atomic E-state index is 0.0341. The molecule has 0 amide bonds. The van der Waals surface area contributed by atoms with Gasteiger partial charge in [0.2, 0.25) is 5.88 Å². The lowest BCUT2D eigenvalue weighted by Gasteiger charge is -2.32. The van der Waals surface area contributed by atoms with Crippen LogP contribution in [0.15, 0.2) is 24.4 Å². The number of hydrogen-bond donors (Lipinski definition) is 2. The molecular weight excluding hydrogens is 455 g/mol. The molecule has 176 valence electrons. The van der Waals surface area contributed by atoms with Crippen LogP contribution < -0.4 is 4.74 Å². The topological polar surface area (TPSA) is 107 Å². The Balaban J connectivity index is 1.63. The molecule has 12 heteroatoms. The van der Waals surface area contributed by atoms with Crippen LogP contribution in [0, 0.1) is 5.41 Å². The average molecular weight is 478 g/mol. The van der Waals surface area contributed by atoms with Crippen molar-refractivity contribution in [1.29, 1.82) is 0 Å². The van der Waals surface area contributed by atoms with Crippen LogP contribution in [0.1, 0.15) is 50.4 Å². The Morgan fingerprint density at radius 3 is 2.41 bits per heavy atom. The van der Waals surface area contributed by atoms with Gasteiger partial charge in [-0.05, 0) is 45.7 Å². The first-order valence-electron chi connectivity index (χ1n) is 9.75. The minimum atomic E-state index is -4.71. The number of aromatic nitrogens is 3. The Bertz CT molecular complexity index is 997. The molecular formula is C20H23ClF3N3O5. The monoisotopic (exact) mass is 477 g/mol. The molecule has 0 saturated heterocycles. The van der Waals surface area contributed by atoms with Crippen molar-refractivity contribution in [3.8, 4) is 11.7 Å². The first-order chi connectivity index (χ1) is 14.7. The number of carbonyl (C=O) groups is 1. The molecule has 0 atom stereocenters. The first kappa shape index (κ1) is 24.3. The summed E-state index contributed by atoms with van der Waals surface area (Å²) in [7, 11) is 0. The molecule has 2 aromatic heterocycles. The Kier molecular flexibility index (Phi) is 6.22. The highest BCUT2D eigenvalue weighted by atomic mass is 35.5. The summed E-state index contributed by atoms with van der Waals surface area (Å²) in [6, 6.07) is 4.33. The highest BCUT2D eigenvalue weighted by Gasteiger charge is 2.73. The van der Waals surface area contributed by atoms with Crippen LogP contribution in [0.5, 0.6) is 5.88 Å². The van der Waals surface area contributed by atoms with Crippen molar-refractivity contribution >= 4 is 17.6 Å². The van der Waals surface area contributed by atoms with Gasteiger partial charge in [-0.3, -0.25) is 0 Å². The number of pyridine rings is 1. The van der Waals surface area contributed by atoms with Crippen molar-refractivity contribution in [2.75, 3.05) is 6.61 Å². The van der Waals surface area contributed by atoms with Crippen molar-refractivity contribution in [1.82, 2.24) is 14.8 Å². The number of aliphatic hydroxyl groups is 2. The van der Waals surface area contributed by atoms with E-state index in [9.17, 15) is 28.2 Å². The summed E-state index contributed by atoms with van der Waals surface area (Å²) in [6.07, 6.45) is -4.58. The molecule has 1 fully saturated rings. The van der Waals surface area contributed by atoms with Gasteiger partial charge in [0, 0.05) is 18.7 Å². The number of carbonyl (C=O) groups excluding carboxylic acids is 1. The summed E-state index contributed by atoms with van der Waals surface area (Å²) in [5.41, 5.74) is -3.14. The first-order valence-corrected chi connectivity index (χ1v) is 10.1. The van der Waals surface area contributed by atoms with Crippen LogP contribution in [-0.4, -0.2) is 55.1 Å². The Morgan fingerprint density at radius 1 is 1.22 bits per heavy atom. The number of alkyl halides is 3. The summed E-state index contributed by atoms with van der Waals surface area (Å²) in [5, 5.41) is 23.9. The summed E-state index contributed by atoms with van der Waals surface area (Å²) >= 11 is 6.10. The second-order valence-corrected chi connectivity index (χ2v) is 8.96. The van der Waals surface area contributed by atoms with Crippen LogP contribution in [0.25, 0.3) is 5.82 Å². The van der Waals surface area contributed by atoms with E-state index in [0.29, 0.717) is 0 Å². The smallest absolute Gasteiger partial charge is 0.399 e. The number of halogens is 4. The van der Waals surface area contributed by atoms with Gasteiger partial charge in [0.05, 0.1) is 12.2 Å². The zero-order valence-corrected chi connectivity index (χ0v) is 18.4. The predicted octanol–water partition coefficient (Wildman–Crippen LogP) is 3.67. The number of ether oxygens (including phenoxy) is 2. The standard InChI is InChI=1S/C20H23ClF3N3O5/c1-17(2,3)32-16(28)12-4-5-13(25-15(12)21)27-10-6-14(26-27)31-11-9-19(29,30)18(7-8-18)20(22,23)24/h4-6,10,29-30H,7-9,11H2,1-3H3. The third kappa shape index (κ3) is 5.00. The van der Waals surface area contributed by atoms with Crippen LogP contribution in [-0.2, 0) is 4.74 Å². The highest BCUT2D eigenvalue weighted by molar-refractivity contribution is 6.32. The second kappa shape index (κ2) is 8.20. The largest absolute Gasteiger partial charge is 0.476 e. The van der Waals surface area contributed by atoms with E-state index in [1.807, 2.05) is 0 Å². The third-order valence-electron chi connectivity index (χ3n) is 5.01. The van der Waals surface area contributed by atoms with Gasteiger partial charge in [0.1, 0.15) is 16.2 Å². The summed E-state index contributed by atoms with van der Waals surface area (Å²) in [5.74, 6) is -3.27. The van der Waals surface area contributed by atoms with E-state index in [0.717, 1.165) is 0 Å². The van der Waals surface area contributed by atoms with E-state index >= 15 is 0 Å². The van der Waals surface area contributed by atoms with Gasteiger partial charge in [-0.15, -0.1) is 5.10 Å². The van der Waals surface area contributed by atoms with Gasteiger partial charge in [-0.25, -0.2) is 14.5 Å². The van der Waals surface area contributed by atoms with Crippen molar-refractivity contribution in [2.45, 2.75) is 57.6 Å². The molecule has 0 radical (unpaired) electrons. The molecule has 0 aliphatic heterocycles. The molecule has 1 aliphatic rings. The van der Waals surface area contributed by atoms with Crippen molar-refractivity contribution < 1.29 is 37.7 Å². The van der Waals surface area contributed by atoms with Crippen LogP contribution in [0.2, 0.25) is 5.15 Å². The maximum atomic E-state index is 13.1. The molecule has 0 spiro atoms.